The molecule has 1 atom stereocenters. The first kappa shape index (κ1) is 18.8. The van der Waals surface area contributed by atoms with E-state index in [4.69, 9.17) is 0 Å². The molecule has 0 bridgehead atoms. The molecule has 0 saturated carbocycles. The second-order valence-corrected chi connectivity index (χ2v) is 7.95. The number of nitrogens with zero attached hydrogens (tertiary/aromatic N) is 3. The minimum Gasteiger partial charge on any atom is -0.342 e. The van der Waals surface area contributed by atoms with Gasteiger partial charge >= 0.3 is 0 Å². The Balaban J connectivity index is 2.38. The Kier molecular flexibility index (Phi) is 5.89. The van der Waals surface area contributed by atoms with Gasteiger partial charge in [0.15, 0.2) is 0 Å². The summed E-state index contributed by atoms with van der Waals surface area (Å²) in [5.74, 6) is -0.400. The van der Waals surface area contributed by atoms with E-state index in [2.05, 4.69) is 13.5 Å². The van der Waals surface area contributed by atoms with Gasteiger partial charge in [0, 0.05) is 13.1 Å². The summed E-state index contributed by atoms with van der Waals surface area (Å²) in [6.07, 6.45) is 0. The van der Waals surface area contributed by atoms with Crippen LogP contribution in [-0.4, -0.2) is 47.1 Å². The van der Waals surface area contributed by atoms with Gasteiger partial charge in [0.2, 0.25) is 15.9 Å². The number of hydrogen-bond donors (Lipinski definition) is 1. The third kappa shape index (κ3) is 3.73. The van der Waals surface area contributed by atoms with Crippen LogP contribution in [-0.2, 0) is 14.8 Å². The molecule has 24 heavy (non-hydrogen) atoms. The summed E-state index contributed by atoms with van der Waals surface area (Å²) >= 11 is 0.959. The SMILES string of the molecule is CCN(CC)C(=O)C(NS(=O)(=O)c1cccc2nsnc12)C(C)C. The quantitative estimate of drug-likeness (QED) is 0.803. The van der Waals surface area contributed by atoms with Crippen molar-refractivity contribution in [1.29, 1.82) is 0 Å². The molecule has 1 aromatic heterocycles. The molecule has 132 valence electrons. The van der Waals surface area contributed by atoms with Gasteiger partial charge in [-0.3, -0.25) is 4.79 Å². The molecular weight excluding hydrogens is 348 g/mol. The highest BCUT2D eigenvalue weighted by atomic mass is 32.2. The van der Waals surface area contributed by atoms with Gasteiger partial charge in [-0.15, -0.1) is 0 Å². The van der Waals surface area contributed by atoms with E-state index < -0.39 is 16.1 Å². The number of carbonyl (C=O) groups is 1. The first-order chi connectivity index (χ1) is 11.3. The number of benzene rings is 1. The highest BCUT2D eigenvalue weighted by molar-refractivity contribution is 7.89. The Morgan fingerprint density at radius 3 is 2.50 bits per heavy atom. The Labute approximate surface area is 146 Å². The zero-order chi connectivity index (χ0) is 17.9. The molecule has 0 aliphatic rings. The third-order valence-corrected chi connectivity index (χ3v) is 5.84. The predicted molar refractivity (Wildman–Crippen MR) is 94.3 cm³/mol. The molecule has 1 aromatic carbocycles. The third-order valence-electron chi connectivity index (χ3n) is 3.83. The summed E-state index contributed by atoms with van der Waals surface area (Å²) in [5.41, 5.74) is 0.854. The van der Waals surface area contributed by atoms with Gasteiger partial charge in [0.1, 0.15) is 22.0 Å². The van der Waals surface area contributed by atoms with Crippen LogP contribution in [0.4, 0.5) is 0 Å². The number of nitrogens with one attached hydrogen (secondary N) is 1. The fourth-order valence-electron chi connectivity index (χ4n) is 2.43. The van der Waals surface area contributed by atoms with E-state index in [0.717, 1.165) is 11.7 Å². The zero-order valence-electron chi connectivity index (χ0n) is 14.2. The van der Waals surface area contributed by atoms with Gasteiger partial charge in [-0.2, -0.15) is 13.5 Å². The predicted octanol–water partition coefficient (Wildman–Crippen LogP) is 1.86. The largest absolute Gasteiger partial charge is 0.342 e. The van der Waals surface area contributed by atoms with Gasteiger partial charge in [-0.1, -0.05) is 19.9 Å². The summed E-state index contributed by atoms with van der Waals surface area (Å²) in [5, 5.41) is 0. The number of sulfonamides is 1. The van der Waals surface area contributed by atoms with Crippen LogP contribution in [0.1, 0.15) is 27.7 Å². The fourth-order valence-corrected chi connectivity index (χ4v) is 4.54. The van der Waals surface area contributed by atoms with Crippen LogP contribution in [0, 0.1) is 5.92 Å². The fraction of sp³-hybridized carbons (Fsp3) is 0.533. The maximum atomic E-state index is 12.8. The lowest BCUT2D eigenvalue weighted by Crippen LogP contribution is -2.51. The zero-order valence-corrected chi connectivity index (χ0v) is 15.8. The normalized spacial score (nSPS) is 13.4. The average molecular weight is 371 g/mol. The maximum Gasteiger partial charge on any atom is 0.243 e. The smallest absolute Gasteiger partial charge is 0.243 e. The van der Waals surface area contributed by atoms with Gasteiger partial charge < -0.3 is 4.90 Å². The van der Waals surface area contributed by atoms with Crippen molar-refractivity contribution in [2.45, 2.75) is 38.6 Å². The van der Waals surface area contributed by atoms with Crippen molar-refractivity contribution in [3.63, 3.8) is 0 Å². The lowest BCUT2D eigenvalue weighted by atomic mass is 10.0. The standard InChI is InChI=1S/C15H22N4O3S2/c1-5-19(6-2)15(20)13(10(3)4)18-24(21,22)12-9-7-8-11-14(12)17-23-16-11/h7-10,13,18H,5-6H2,1-4H3. The van der Waals surface area contributed by atoms with Crippen molar-refractivity contribution < 1.29 is 13.2 Å². The molecule has 0 fully saturated rings. The van der Waals surface area contributed by atoms with E-state index in [1.165, 1.54) is 6.07 Å². The first-order valence-corrected chi connectivity index (χ1v) is 10.1. The highest BCUT2D eigenvalue weighted by Gasteiger charge is 2.31. The number of rotatable bonds is 7. The lowest BCUT2D eigenvalue weighted by molar-refractivity contribution is -0.133. The summed E-state index contributed by atoms with van der Waals surface area (Å²) < 4.78 is 36.3. The Bertz CT molecular complexity index is 813. The van der Waals surface area contributed by atoms with Crippen molar-refractivity contribution in [1.82, 2.24) is 18.4 Å². The van der Waals surface area contributed by atoms with Crippen molar-refractivity contribution in [3.8, 4) is 0 Å². The molecule has 1 unspecified atom stereocenters. The Morgan fingerprint density at radius 2 is 1.92 bits per heavy atom. The van der Waals surface area contributed by atoms with E-state index in [1.807, 2.05) is 27.7 Å². The van der Waals surface area contributed by atoms with Crippen LogP contribution < -0.4 is 4.72 Å². The number of aromatic nitrogens is 2. The van der Waals surface area contributed by atoms with Crippen LogP contribution in [0.2, 0.25) is 0 Å². The Morgan fingerprint density at radius 1 is 1.25 bits per heavy atom. The minimum atomic E-state index is -3.89. The minimum absolute atomic E-state index is 0.0479. The monoisotopic (exact) mass is 370 g/mol. The van der Waals surface area contributed by atoms with Gasteiger partial charge in [-0.05, 0) is 31.9 Å². The number of hydrogen-bond acceptors (Lipinski definition) is 6. The lowest BCUT2D eigenvalue weighted by Gasteiger charge is -2.28. The van der Waals surface area contributed by atoms with E-state index in [0.29, 0.717) is 24.1 Å². The molecule has 1 amide bonds. The van der Waals surface area contributed by atoms with Gasteiger partial charge in [0.25, 0.3) is 0 Å². The topological polar surface area (TPSA) is 92.3 Å². The second kappa shape index (κ2) is 7.54. The second-order valence-electron chi connectivity index (χ2n) is 5.74. The number of likely N-dealkylation sites (N-methyl/N-ethyl adjacent to an activating group) is 1. The van der Waals surface area contributed by atoms with Crippen molar-refractivity contribution in [2.24, 2.45) is 5.92 Å². The van der Waals surface area contributed by atoms with Crippen molar-refractivity contribution in [2.75, 3.05) is 13.1 Å². The average Bonchev–Trinajstić information content (AvgIpc) is 3.01. The summed E-state index contributed by atoms with van der Waals surface area (Å²) in [7, 11) is -3.89. The van der Waals surface area contributed by atoms with Crippen molar-refractivity contribution in [3.05, 3.63) is 18.2 Å². The molecule has 2 rings (SSSR count). The number of carbonyl (C=O) groups excluding carboxylic acids is 1. The molecule has 0 saturated heterocycles. The molecule has 9 heteroatoms. The molecule has 0 radical (unpaired) electrons. The molecule has 2 aromatic rings. The van der Waals surface area contributed by atoms with Crippen LogP contribution in [0.5, 0.6) is 0 Å². The maximum absolute atomic E-state index is 12.8. The molecule has 1 N–H and O–H groups in total. The van der Waals surface area contributed by atoms with Crippen LogP contribution in [0.15, 0.2) is 23.1 Å². The Hall–Kier alpha value is -1.58. The van der Waals surface area contributed by atoms with E-state index in [-0.39, 0.29) is 16.7 Å². The summed E-state index contributed by atoms with van der Waals surface area (Å²) in [6.45, 7) is 8.45. The highest BCUT2D eigenvalue weighted by Crippen LogP contribution is 2.22. The number of amides is 1. The molecule has 0 aliphatic heterocycles. The molecular formula is C15H22N4O3S2. The molecule has 1 heterocycles. The molecule has 0 spiro atoms. The van der Waals surface area contributed by atoms with E-state index in [1.54, 1.807) is 17.0 Å². The van der Waals surface area contributed by atoms with Crippen LogP contribution >= 0.6 is 11.7 Å². The van der Waals surface area contributed by atoms with E-state index in [9.17, 15) is 13.2 Å². The number of fused-ring (bicyclic) bond motifs is 1. The van der Waals surface area contributed by atoms with Crippen LogP contribution in [0.3, 0.4) is 0 Å². The van der Waals surface area contributed by atoms with Crippen molar-refractivity contribution >= 4 is 38.7 Å². The van der Waals surface area contributed by atoms with Crippen LogP contribution in [0.25, 0.3) is 11.0 Å². The van der Waals surface area contributed by atoms with Gasteiger partial charge in [-0.25, -0.2) is 8.42 Å². The molecule has 7 nitrogen and oxygen atoms in total. The van der Waals surface area contributed by atoms with Gasteiger partial charge in [0.05, 0.1) is 11.7 Å². The van der Waals surface area contributed by atoms with E-state index >= 15 is 0 Å². The summed E-state index contributed by atoms with van der Waals surface area (Å²) in [4.78, 5) is 14.3. The molecule has 0 aliphatic carbocycles. The summed E-state index contributed by atoms with van der Waals surface area (Å²) in [6, 6.07) is 3.98. The first-order valence-electron chi connectivity index (χ1n) is 7.84.